The minimum atomic E-state index is -0.239. The third-order valence-corrected chi connectivity index (χ3v) is 3.66. The average Bonchev–Trinajstić information content (AvgIpc) is 2.88. The van der Waals surface area contributed by atoms with E-state index in [1.54, 1.807) is 0 Å². The number of halogens is 1. The van der Waals surface area contributed by atoms with E-state index in [1.165, 1.54) is 0 Å². The Bertz CT molecular complexity index is 889. The standard InChI is InChI=1S/C16H13ClN4O/c17-12-3-1-11(2-4-12)10-21(8-7-18)13-5-6-14-15(9-13)20-16(22)19-14/h1-6,9H,8,10H2,(H2,19,20,22). The van der Waals surface area contributed by atoms with Gasteiger partial charge in [-0.15, -0.1) is 0 Å². The number of anilines is 1. The van der Waals surface area contributed by atoms with Crippen LogP contribution in [0.2, 0.25) is 5.02 Å². The molecule has 0 aliphatic carbocycles. The summed E-state index contributed by atoms with van der Waals surface area (Å²) < 4.78 is 0. The largest absolute Gasteiger partial charge is 0.354 e. The lowest BCUT2D eigenvalue weighted by atomic mass is 10.2. The highest BCUT2D eigenvalue weighted by molar-refractivity contribution is 6.30. The number of H-pyrrole nitrogens is 2. The van der Waals surface area contributed by atoms with Gasteiger partial charge in [0, 0.05) is 17.3 Å². The Morgan fingerprint density at radius 2 is 1.82 bits per heavy atom. The first-order valence-electron chi connectivity index (χ1n) is 6.74. The second-order valence-electron chi connectivity index (χ2n) is 4.95. The number of benzene rings is 2. The Morgan fingerprint density at radius 1 is 1.09 bits per heavy atom. The molecule has 5 nitrogen and oxygen atoms in total. The molecule has 3 aromatic rings. The first kappa shape index (κ1) is 14.2. The van der Waals surface area contributed by atoms with Crippen LogP contribution in [0.25, 0.3) is 11.0 Å². The van der Waals surface area contributed by atoms with Crippen molar-refractivity contribution in [3.63, 3.8) is 0 Å². The summed E-state index contributed by atoms with van der Waals surface area (Å²) in [6, 6.07) is 15.3. The van der Waals surface area contributed by atoms with Crippen molar-refractivity contribution in [2.75, 3.05) is 11.4 Å². The molecule has 0 unspecified atom stereocenters. The molecular weight excluding hydrogens is 300 g/mol. The Labute approximate surface area is 131 Å². The summed E-state index contributed by atoms with van der Waals surface area (Å²) in [5.41, 5.74) is 3.16. The number of aromatic nitrogens is 2. The van der Waals surface area contributed by atoms with Crippen LogP contribution >= 0.6 is 11.6 Å². The van der Waals surface area contributed by atoms with Gasteiger partial charge in [0.25, 0.3) is 0 Å². The molecule has 6 heteroatoms. The predicted molar refractivity (Wildman–Crippen MR) is 87.0 cm³/mol. The van der Waals surface area contributed by atoms with Crippen molar-refractivity contribution in [1.82, 2.24) is 9.97 Å². The van der Waals surface area contributed by atoms with Crippen LogP contribution in [-0.2, 0) is 6.54 Å². The molecule has 0 saturated carbocycles. The average molecular weight is 313 g/mol. The number of fused-ring (bicyclic) bond motifs is 1. The third-order valence-electron chi connectivity index (χ3n) is 3.41. The fourth-order valence-electron chi connectivity index (χ4n) is 2.35. The van der Waals surface area contributed by atoms with Crippen molar-refractivity contribution in [2.24, 2.45) is 0 Å². The third kappa shape index (κ3) is 2.97. The zero-order valence-corrected chi connectivity index (χ0v) is 12.4. The number of nitriles is 1. The van der Waals surface area contributed by atoms with Crippen LogP contribution in [0, 0.1) is 11.3 Å². The van der Waals surface area contributed by atoms with Crippen molar-refractivity contribution in [1.29, 1.82) is 5.26 Å². The van der Waals surface area contributed by atoms with Crippen LogP contribution in [0.15, 0.2) is 47.3 Å². The van der Waals surface area contributed by atoms with Crippen LogP contribution < -0.4 is 10.6 Å². The molecule has 0 saturated heterocycles. The molecule has 0 atom stereocenters. The second kappa shape index (κ2) is 5.96. The predicted octanol–water partition coefficient (Wildman–Crippen LogP) is 3.04. The van der Waals surface area contributed by atoms with Gasteiger partial charge in [-0.3, -0.25) is 0 Å². The Kier molecular flexibility index (Phi) is 3.86. The highest BCUT2D eigenvalue weighted by atomic mass is 35.5. The minimum absolute atomic E-state index is 0.239. The van der Waals surface area contributed by atoms with Crippen LogP contribution in [0.5, 0.6) is 0 Å². The van der Waals surface area contributed by atoms with E-state index < -0.39 is 0 Å². The first-order valence-corrected chi connectivity index (χ1v) is 7.12. The molecule has 2 N–H and O–H groups in total. The number of imidazole rings is 1. The molecule has 0 radical (unpaired) electrons. The maximum Gasteiger partial charge on any atom is 0.323 e. The molecule has 1 aromatic heterocycles. The summed E-state index contributed by atoms with van der Waals surface area (Å²) in [7, 11) is 0. The Hall–Kier alpha value is -2.71. The van der Waals surface area contributed by atoms with Gasteiger partial charge < -0.3 is 14.9 Å². The summed E-state index contributed by atoms with van der Waals surface area (Å²) in [5.74, 6) is 0. The SMILES string of the molecule is N#CCN(Cc1ccc(Cl)cc1)c1ccc2[nH]c(=O)[nH]c2c1. The number of hydrogen-bond donors (Lipinski definition) is 2. The summed E-state index contributed by atoms with van der Waals surface area (Å²) in [4.78, 5) is 18.7. The number of nitrogens with zero attached hydrogens (tertiary/aromatic N) is 2. The van der Waals surface area contributed by atoms with Crippen molar-refractivity contribution in [3.8, 4) is 6.07 Å². The molecule has 22 heavy (non-hydrogen) atoms. The van der Waals surface area contributed by atoms with Gasteiger partial charge in [-0.1, -0.05) is 23.7 Å². The molecule has 110 valence electrons. The van der Waals surface area contributed by atoms with Gasteiger partial charge in [-0.2, -0.15) is 5.26 Å². The number of nitrogens with one attached hydrogen (secondary N) is 2. The lowest BCUT2D eigenvalue weighted by Gasteiger charge is -2.22. The summed E-state index contributed by atoms with van der Waals surface area (Å²) in [6.07, 6.45) is 0. The Balaban J connectivity index is 1.92. The van der Waals surface area contributed by atoms with Crippen molar-refractivity contribution < 1.29 is 0 Å². The molecule has 0 fully saturated rings. The van der Waals surface area contributed by atoms with E-state index in [0.717, 1.165) is 22.3 Å². The molecule has 3 rings (SSSR count). The minimum Gasteiger partial charge on any atom is -0.354 e. The maximum atomic E-state index is 11.3. The quantitative estimate of drug-likeness (QED) is 0.727. The van der Waals surface area contributed by atoms with Gasteiger partial charge in [0.1, 0.15) is 6.54 Å². The van der Waals surface area contributed by atoms with E-state index >= 15 is 0 Å². The number of hydrogen-bond acceptors (Lipinski definition) is 3. The molecule has 0 aliphatic rings. The highest BCUT2D eigenvalue weighted by Crippen LogP contribution is 2.21. The first-order chi connectivity index (χ1) is 10.7. The number of rotatable bonds is 4. The van der Waals surface area contributed by atoms with Gasteiger partial charge in [0.15, 0.2) is 0 Å². The summed E-state index contributed by atoms with van der Waals surface area (Å²) in [5, 5.41) is 9.74. The monoisotopic (exact) mass is 312 g/mol. The molecule has 0 spiro atoms. The van der Waals surface area contributed by atoms with Gasteiger partial charge in [0.2, 0.25) is 0 Å². The van der Waals surface area contributed by atoms with Crippen LogP contribution in [0.4, 0.5) is 5.69 Å². The van der Waals surface area contributed by atoms with E-state index in [0.29, 0.717) is 11.6 Å². The van der Waals surface area contributed by atoms with Crippen LogP contribution in [0.3, 0.4) is 0 Å². The smallest absolute Gasteiger partial charge is 0.323 e. The van der Waals surface area contributed by atoms with Gasteiger partial charge in [0.05, 0.1) is 17.1 Å². The highest BCUT2D eigenvalue weighted by Gasteiger charge is 2.09. The van der Waals surface area contributed by atoms with Crippen LogP contribution in [0.1, 0.15) is 5.56 Å². The molecule has 2 aromatic carbocycles. The maximum absolute atomic E-state index is 11.3. The van der Waals surface area contributed by atoms with Crippen molar-refractivity contribution in [3.05, 3.63) is 63.5 Å². The van der Waals surface area contributed by atoms with E-state index in [-0.39, 0.29) is 12.2 Å². The molecule has 0 aliphatic heterocycles. The fourth-order valence-corrected chi connectivity index (χ4v) is 2.48. The van der Waals surface area contributed by atoms with Crippen molar-refractivity contribution in [2.45, 2.75) is 6.54 Å². The van der Waals surface area contributed by atoms with E-state index in [4.69, 9.17) is 16.9 Å². The van der Waals surface area contributed by atoms with E-state index in [2.05, 4.69) is 16.0 Å². The van der Waals surface area contributed by atoms with Crippen molar-refractivity contribution >= 4 is 28.3 Å². The summed E-state index contributed by atoms with van der Waals surface area (Å²) in [6.45, 7) is 0.841. The Morgan fingerprint density at radius 3 is 2.55 bits per heavy atom. The van der Waals surface area contributed by atoms with E-state index in [9.17, 15) is 4.79 Å². The molecule has 0 bridgehead atoms. The van der Waals surface area contributed by atoms with Crippen LogP contribution in [-0.4, -0.2) is 16.5 Å². The topological polar surface area (TPSA) is 75.7 Å². The zero-order valence-electron chi connectivity index (χ0n) is 11.6. The van der Waals surface area contributed by atoms with E-state index in [1.807, 2.05) is 47.4 Å². The normalized spacial score (nSPS) is 10.5. The van der Waals surface area contributed by atoms with Gasteiger partial charge in [-0.05, 0) is 35.9 Å². The molecule has 0 amide bonds. The summed E-state index contributed by atoms with van der Waals surface area (Å²) >= 11 is 5.89. The van der Waals surface area contributed by atoms with Gasteiger partial charge >= 0.3 is 5.69 Å². The fraction of sp³-hybridized carbons (Fsp3) is 0.125. The zero-order chi connectivity index (χ0) is 15.5. The van der Waals surface area contributed by atoms with Gasteiger partial charge in [-0.25, -0.2) is 4.79 Å². The number of aromatic amines is 2. The lowest BCUT2D eigenvalue weighted by molar-refractivity contribution is 0.873. The molecule has 1 heterocycles. The lowest BCUT2D eigenvalue weighted by Crippen LogP contribution is -2.22. The molecular formula is C16H13ClN4O. The second-order valence-corrected chi connectivity index (χ2v) is 5.39.